The number of aromatic nitrogens is 1. The summed E-state index contributed by atoms with van der Waals surface area (Å²) in [5.41, 5.74) is 6.94. The van der Waals surface area contributed by atoms with Gasteiger partial charge in [-0.3, -0.25) is 9.78 Å². The summed E-state index contributed by atoms with van der Waals surface area (Å²) in [5, 5.41) is 0. The van der Waals surface area contributed by atoms with Crippen molar-refractivity contribution in [2.75, 3.05) is 13.6 Å². The summed E-state index contributed by atoms with van der Waals surface area (Å²) in [6.45, 7) is 7.39. The maximum atomic E-state index is 12.4. The van der Waals surface area contributed by atoms with E-state index in [1.165, 1.54) is 0 Å². The number of rotatable bonds is 5. The molecule has 1 heterocycles. The Bertz CT molecular complexity index is 398. The minimum Gasteiger partial charge on any atom is -0.341 e. The molecule has 0 aromatic carbocycles. The van der Waals surface area contributed by atoms with Crippen molar-refractivity contribution in [3.8, 4) is 0 Å². The lowest BCUT2D eigenvalue weighted by molar-refractivity contribution is -0.135. The van der Waals surface area contributed by atoms with Crippen LogP contribution in [0.25, 0.3) is 0 Å². The Kier molecular flexibility index (Phi) is 5.48. The third kappa shape index (κ3) is 5.39. The highest BCUT2D eigenvalue weighted by Crippen LogP contribution is 2.25. The van der Waals surface area contributed by atoms with Gasteiger partial charge in [-0.05, 0) is 29.5 Å². The molecule has 0 aliphatic rings. The van der Waals surface area contributed by atoms with Crippen LogP contribution in [-0.4, -0.2) is 29.4 Å². The van der Waals surface area contributed by atoms with Crippen molar-refractivity contribution in [3.63, 3.8) is 0 Å². The Hall–Kier alpha value is -1.42. The Morgan fingerprint density at radius 2 is 1.95 bits per heavy atom. The molecule has 0 saturated heterocycles. The van der Waals surface area contributed by atoms with E-state index < -0.39 is 0 Å². The van der Waals surface area contributed by atoms with Crippen molar-refractivity contribution in [3.05, 3.63) is 30.1 Å². The van der Waals surface area contributed by atoms with Crippen LogP contribution in [-0.2, 0) is 11.3 Å². The quantitative estimate of drug-likeness (QED) is 0.884. The number of carbonyl (C=O) groups is 1. The van der Waals surface area contributed by atoms with E-state index in [4.69, 9.17) is 5.73 Å². The van der Waals surface area contributed by atoms with Gasteiger partial charge in [-0.2, -0.15) is 0 Å². The van der Waals surface area contributed by atoms with Gasteiger partial charge in [-0.25, -0.2) is 0 Å². The lowest BCUT2D eigenvalue weighted by atomic mass is 9.84. The Morgan fingerprint density at radius 3 is 2.42 bits per heavy atom. The van der Waals surface area contributed by atoms with E-state index in [1.54, 1.807) is 17.3 Å². The van der Waals surface area contributed by atoms with Crippen LogP contribution >= 0.6 is 0 Å². The van der Waals surface area contributed by atoms with Crippen LogP contribution in [0, 0.1) is 11.3 Å². The maximum absolute atomic E-state index is 12.4. The van der Waals surface area contributed by atoms with Crippen LogP contribution < -0.4 is 5.73 Å². The zero-order valence-corrected chi connectivity index (χ0v) is 12.4. The first-order valence-electron chi connectivity index (χ1n) is 6.67. The van der Waals surface area contributed by atoms with Gasteiger partial charge in [0.1, 0.15) is 0 Å². The van der Waals surface area contributed by atoms with Crippen molar-refractivity contribution in [1.29, 1.82) is 0 Å². The zero-order valence-electron chi connectivity index (χ0n) is 12.4. The van der Waals surface area contributed by atoms with Gasteiger partial charge in [0.2, 0.25) is 5.91 Å². The van der Waals surface area contributed by atoms with Gasteiger partial charge in [0, 0.05) is 32.5 Å². The Morgan fingerprint density at radius 1 is 1.37 bits per heavy atom. The first kappa shape index (κ1) is 15.6. The molecular formula is C15H25N3O. The summed E-state index contributed by atoms with van der Waals surface area (Å²) in [5.74, 6) is 0.0149. The molecule has 2 N–H and O–H groups in total. The maximum Gasteiger partial charge on any atom is 0.227 e. The first-order chi connectivity index (χ1) is 8.83. The van der Waals surface area contributed by atoms with Crippen LogP contribution in [0.3, 0.4) is 0 Å². The second-order valence-electron chi connectivity index (χ2n) is 6.25. The fourth-order valence-corrected chi connectivity index (χ4v) is 2.16. The third-order valence-corrected chi connectivity index (χ3v) is 3.04. The van der Waals surface area contributed by atoms with Crippen LogP contribution in [0.2, 0.25) is 0 Å². The lowest BCUT2D eigenvalue weighted by Gasteiger charge is -2.28. The second-order valence-corrected chi connectivity index (χ2v) is 6.25. The summed E-state index contributed by atoms with van der Waals surface area (Å²) in [6, 6.07) is 3.84. The second kappa shape index (κ2) is 6.66. The Balaban J connectivity index is 2.64. The van der Waals surface area contributed by atoms with Crippen LogP contribution in [0.5, 0.6) is 0 Å². The molecule has 1 amide bonds. The average molecular weight is 263 g/mol. The molecule has 19 heavy (non-hydrogen) atoms. The molecule has 4 nitrogen and oxygen atoms in total. The fourth-order valence-electron chi connectivity index (χ4n) is 2.16. The topological polar surface area (TPSA) is 59.2 Å². The lowest BCUT2D eigenvalue weighted by Crippen LogP contribution is -2.38. The van der Waals surface area contributed by atoms with Crippen molar-refractivity contribution in [2.24, 2.45) is 17.1 Å². The molecule has 0 fully saturated rings. The molecular weight excluding hydrogens is 238 g/mol. The summed E-state index contributed by atoms with van der Waals surface area (Å²) < 4.78 is 0. The van der Waals surface area contributed by atoms with Gasteiger partial charge >= 0.3 is 0 Å². The minimum atomic E-state index is -0.105. The molecule has 1 rings (SSSR count). The van der Waals surface area contributed by atoms with Gasteiger partial charge in [0.25, 0.3) is 0 Å². The molecule has 0 bridgehead atoms. The first-order valence-corrected chi connectivity index (χ1v) is 6.67. The van der Waals surface area contributed by atoms with Crippen LogP contribution in [0.4, 0.5) is 0 Å². The molecule has 4 heteroatoms. The molecule has 0 aliphatic heterocycles. The zero-order chi connectivity index (χ0) is 14.5. The molecule has 0 spiro atoms. The smallest absolute Gasteiger partial charge is 0.227 e. The van der Waals surface area contributed by atoms with Crippen molar-refractivity contribution >= 4 is 5.91 Å². The SMILES string of the molecule is CN(Cc1ccncc1)C(=O)C(CN)CC(C)(C)C. The van der Waals surface area contributed by atoms with E-state index in [2.05, 4.69) is 25.8 Å². The van der Waals surface area contributed by atoms with Gasteiger partial charge < -0.3 is 10.6 Å². The average Bonchev–Trinajstić information content (AvgIpc) is 2.35. The van der Waals surface area contributed by atoms with Gasteiger partial charge in [0.15, 0.2) is 0 Å². The van der Waals surface area contributed by atoms with E-state index in [0.29, 0.717) is 13.1 Å². The number of carbonyl (C=O) groups excluding carboxylic acids is 1. The minimum absolute atomic E-state index is 0.105. The van der Waals surface area contributed by atoms with E-state index in [-0.39, 0.29) is 17.2 Å². The highest BCUT2D eigenvalue weighted by molar-refractivity contribution is 5.78. The number of amides is 1. The number of nitrogens with two attached hydrogens (primary N) is 1. The highest BCUT2D eigenvalue weighted by atomic mass is 16.2. The molecule has 1 atom stereocenters. The largest absolute Gasteiger partial charge is 0.341 e. The third-order valence-electron chi connectivity index (χ3n) is 3.04. The molecule has 0 aliphatic carbocycles. The monoisotopic (exact) mass is 263 g/mol. The normalized spacial score (nSPS) is 13.1. The number of hydrogen-bond acceptors (Lipinski definition) is 3. The van der Waals surface area contributed by atoms with Crippen molar-refractivity contribution in [2.45, 2.75) is 33.7 Å². The van der Waals surface area contributed by atoms with Crippen LogP contribution in [0.15, 0.2) is 24.5 Å². The summed E-state index contributed by atoms with van der Waals surface area (Å²) in [7, 11) is 1.83. The fraction of sp³-hybridized carbons (Fsp3) is 0.600. The molecule has 0 saturated carbocycles. The van der Waals surface area contributed by atoms with E-state index in [0.717, 1.165) is 12.0 Å². The van der Waals surface area contributed by atoms with E-state index in [9.17, 15) is 4.79 Å². The van der Waals surface area contributed by atoms with Crippen molar-refractivity contribution in [1.82, 2.24) is 9.88 Å². The van der Waals surface area contributed by atoms with E-state index >= 15 is 0 Å². The molecule has 1 aromatic rings. The van der Waals surface area contributed by atoms with E-state index in [1.807, 2.05) is 19.2 Å². The molecule has 106 valence electrons. The van der Waals surface area contributed by atoms with Gasteiger partial charge in [0.05, 0.1) is 5.92 Å². The molecule has 1 aromatic heterocycles. The predicted octanol–water partition coefficient (Wildman–Crippen LogP) is 2.05. The number of hydrogen-bond donors (Lipinski definition) is 1. The summed E-state index contributed by atoms with van der Waals surface area (Å²) in [4.78, 5) is 18.1. The van der Waals surface area contributed by atoms with Gasteiger partial charge in [-0.1, -0.05) is 20.8 Å². The summed E-state index contributed by atoms with van der Waals surface area (Å²) >= 11 is 0. The summed E-state index contributed by atoms with van der Waals surface area (Å²) in [6.07, 6.45) is 4.29. The Labute approximate surface area is 116 Å². The van der Waals surface area contributed by atoms with Crippen molar-refractivity contribution < 1.29 is 4.79 Å². The predicted molar refractivity (Wildman–Crippen MR) is 77.3 cm³/mol. The highest BCUT2D eigenvalue weighted by Gasteiger charge is 2.26. The number of pyridine rings is 1. The van der Waals surface area contributed by atoms with Crippen LogP contribution in [0.1, 0.15) is 32.8 Å². The molecule has 1 unspecified atom stereocenters. The van der Waals surface area contributed by atoms with Gasteiger partial charge in [-0.15, -0.1) is 0 Å². The standard InChI is InChI=1S/C15H25N3O/c1-15(2,3)9-13(10-16)14(19)18(4)11-12-5-7-17-8-6-12/h5-8,13H,9-11,16H2,1-4H3. The number of nitrogens with zero attached hydrogens (tertiary/aromatic N) is 2. The molecule has 0 radical (unpaired) electrons.